The number of fused-ring (bicyclic) bond motifs is 1. The van der Waals surface area contributed by atoms with Crippen LogP contribution in [0.3, 0.4) is 0 Å². The van der Waals surface area contributed by atoms with Crippen molar-refractivity contribution >= 4 is 17.2 Å². The van der Waals surface area contributed by atoms with E-state index in [1.807, 2.05) is 0 Å². The van der Waals surface area contributed by atoms with Gasteiger partial charge in [0.25, 0.3) is 0 Å². The van der Waals surface area contributed by atoms with Crippen LogP contribution in [0.25, 0.3) is 10.9 Å². The van der Waals surface area contributed by atoms with Gasteiger partial charge in [0.1, 0.15) is 11.4 Å². The Morgan fingerprint density at radius 2 is 1.95 bits per heavy atom. The minimum Gasteiger partial charge on any atom is -0.490 e. The molecular weight excluding hydrogens is 271 g/mol. The van der Waals surface area contributed by atoms with Crippen LogP contribution in [0.1, 0.15) is 29.9 Å². The van der Waals surface area contributed by atoms with Crippen LogP contribution in [-0.4, -0.2) is 17.4 Å². The summed E-state index contributed by atoms with van der Waals surface area (Å²) in [7, 11) is 0. The van der Waals surface area contributed by atoms with E-state index in [0.29, 0.717) is 17.4 Å². The molecule has 0 atom stereocenters. The molecular formula is C14H12F3NO2. The molecule has 0 saturated carbocycles. The van der Waals surface area contributed by atoms with Crippen molar-refractivity contribution in [2.45, 2.75) is 26.1 Å². The zero-order valence-corrected chi connectivity index (χ0v) is 10.9. The minimum atomic E-state index is -4.45. The van der Waals surface area contributed by atoms with E-state index in [-0.39, 0.29) is 17.3 Å². The van der Waals surface area contributed by atoms with Crippen molar-refractivity contribution in [3.05, 3.63) is 35.5 Å². The first-order valence-electron chi connectivity index (χ1n) is 5.95. The van der Waals surface area contributed by atoms with Crippen molar-refractivity contribution in [1.29, 1.82) is 0 Å². The number of aromatic nitrogens is 1. The molecule has 1 aromatic heterocycles. The largest absolute Gasteiger partial charge is 0.490 e. The number of aldehydes is 1. The van der Waals surface area contributed by atoms with Crippen LogP contribution in [0.2, 0.25) is 0 Å². The normalized spacial score (nSPS) is 11.9. The van der Waals surface area contributed by atoms with Gasteiger partial charge in [-0.1, -0.05) is 0 Å². The van der Waals surface area contributed by atoms with Crippen LogP contribution in [0.15, 0.2) is 24.3 Å². The van der Waals surface area contributed by atoms with Crippen molar-refractivity contribution in [3.8, 4) is 5.75 Å². The molecule has 106 valence electrons. The van der Waals surface area contributed by atoms with Gasteiger partial charge in [0, 0.05) is 11.5 Å². The van der Waals surface area contributed by atoms with Crippen molar-refractivity contribution in [2.75, 3.05) is 0 Å². The van der Waals surface area contributed by atoms with Gasteiger partial charge in [-0.25, -0.2) is 4.98 Å². The summed E-state index contributed by atoms with van der Waals surface area (Å²) in [4.78, 5) is 14.7. The monoisotopic (exact) mass is 283 g/mol. The maximum Gasteiger partial charge on any atom is 0.416 e. The molecule has 0 spiro atoms. The van der Waals surface area contributed by atoms with Gasteiger partial charge in [-0.05, 0) is 32.0 Å². The second-order valence-electron chi connectivity index (χ2n) is 4.56. The number of benzene rings is 1. The highest BCUT2D eigenvalue weighted by Crippen LogP contribution is 2.33. The molecule has 0 aliphatic carbocycles. The summed E-state index contributed by atoms with van der Waals surface area (Å²) in [5.41, 5.74) is -0.691. The SMILES string of the molecule is CC(C)Oc1cc(C=O)nc2cc(C(F)(F)F)ccc12. The molecule has 0 aliphatic rings. The Bertz CT molecular complexity index is 651. The van der Waals surface area contributed by atoms with E-state index in [4.69, 9.17) is 4.74 Å². The van der Waals surface area contributed by atoms with Crippen molar-refractivity contribution in [3.63, 3.8) is 0 Å². The fraction of sp³-hybridized carbons (Fsp3) is 0.286. The summed E-state index contributed by atoms with van der Waals surface area (Å²) in [6.07, 6.45) is -4.14. The zero-order valence-electron chi connectivity index (χ0n) is 10.9. The summed E-state index contributed by atoms with van der Waals surface area (Å²) < 4.78 is 43.6. The van der Waals surface area contributed by atoms with Gasteiger partial charge in [-0.3, -0.25) is 4.79 Å². The Labute approximate surface area is 113 Å². The molecule has 0 bridgehead atoms. The van der Waals surface area contributed by atoms with Gasteiger partial charge < -0.3 is 4.74 Å². The lowest BCUT2D eigenvalue weighted by Crippen LogP contribution is -2.08. The quantitative estimate of drug-likeness (QED) is 0.803. The molecule has 0 saturated heterocycles. The third-order valence-electron chi connectivity index (χ3n) is 2.60. The average Bonchev–Trinajstić information content (AvgIpc) is 2.36. The van der Waals surface area contributed by atoms with Gasteiger partial charge >= 0.3 is 6.18 Å². The van der Waals surface area contributed by atoms with Crippen LogP contribution in [0.4, 0.5) is 13.2 Å². The lowest BCUT2D eigenvalue weighted by molar-refractivity contribution is -0.137. The maximum absolute atomic E-state index is 12.7. The van der Waals surface area contributed by atoms with Gasteiger partial charge in [0.2, 0.25) is 0 Å². The Kier molecular flexibility index (Phi) is 3.65. The van der Waals surface area contributed by atoms with Crippen LogP contribution >= 0.6 is 0 Å². The van der Waals surface area contributed by atoms with E-state index < -0.39 is 11.7 Å². The molecule has 0 unspecified atom stereocenters. The number of carbonyl (C=O) groups is 1. The molecule has 0 N–H and O–H groups in total. The fourth-order valence-corrected chi connectivity index (χ4v) is 1.80. The van der Waals surface area contributed by atoms with E-state index in [2.05, 4.69) is 4.98 Å². The van der Waals surface area contributed by atoms with E-state index in [9.17, 15) is 18.0 Å². The number of hydrogen-bond acceptors (Lipinski definition) is 3. The third kappa shape index (κ3) is 2.89. The van der Waals surface area contributed by atoms with Crippen LogP contribution in [0.5, 0.6) is 5.75 Å². The number of alkyl halides is 3. The molecule has 2 rings (SSSR count). The number of ether oxygens (including phenoxy) is 1. The van der Waals surface area contributed by atoms with E-state index >= 15 is 0 Å². The number of nitrogens with zero attached hydrogens (tertiary/aromatic N) is 1. The predicted molar refractivity (Wildman–Crippen MR) is 67.9 cm³/mol. The topological polar surface area (TPSA) is 39.2 Å². The van der Waals surface area contributed by atoms with E-state index in [1.165, 1.54) is 12.1 Å². The molecule has 1 aromatic carbocycles. The third-order valence-corrected chi connectivity index (χ3v) is 2.60. The Morgan fingerprint density at radius 1 is 1.25 bits per heavy atom. The van der Waals surface area contributed by atoms with Gasteiger partial charge in [-0.15, -0.1) is 0 Å². The Balaban J connectivity index is 2.66. The smallest absolute Gasteiger partial charge is 0.416 e. The molecule has 0 radical (unpaired) electrons. The maximum atomic E-state index is 12.7. The van der Waals surface area contributed by atoms with Gasteiger partial charge in [0.15, 0.2) is 6.29 Å². The first-order chi connectivity index (χ1) is 9.31. The standard InChI is InChI=1S/C14H12F3NO2/c1-8(2)20-13-6-10(7-19)18-12-5-9(14(15,16)17)3-4-11(12)13/h3-8H,1-2H3. The molecule has 2 aromatic rings. The molecule has 0 fully saturated rings. The number of rotatable bonds is 3. The first-order valence-corrected chi connectivity index (χ1v) is 5.95. The van der Waals surface area contributed by atoms with E-state index in [1.54, 1.807) is 13.8 Å². The summed E-state index contributed by atoms with van der Waals surface area (Å²) in [6.45, 7) is 3.58. The summed E-state index contributed by atoms with van der Waals surface area (Å²) in [6, 6.07) is 4.60. The predicted octanol–water partition coefficient (Wildman–Crippen LogP) is 3.85. The van der Waals surface area contributed by atoms with E-state index in [0.717, 1.165) is 12.1 Å². The lowest BCUT2D eigenvalue weighted by Gasteiger charge is -2.14. The number of hydrogen-bond donors (Lipinski definition) is 0. The highest BCUT2D eigenvalue weighted by atomic mass is 19.4. The molecule has 20 heavy (non-hydrogen) atoms. The van der Waals surface area contributed by atoms with Crippen LogP contribution in [-0.2, 0) is 6.18 Å². The molecule has 0 aliphatic heterocycles. The molecule has 0 amide bonds. The highest BCUT2D eigenvalue weighted by Gasteiger charge is 2.30. The van der Waals surface area contributed by atoms with Gasteiger partial charge in [0.05, 0.1) is 17.2 Å². The Morgan fingerprint density at radius 3 is 2.50 bits per heavy atom. The van der Waals surface area contributed by atoms with Gasteiger partial charge in [-0.2, -0.15) is 13.2 Å². The number of halogens is 3. The first kappa shape index (κ1) is 14.3. The molecule has 1 heterocycles. The summed E-state index contributed by atoms with van der Waals surface area (Å²) >= 11 is 0. The lowest BCUT2D eigenvalue weighted by atomic mass is 10.1. The van der Waals surface area contributed by atoms with Crippen LogP contribution < -0.4 is 4.74 Å². The average molecular weight is 283 g/mol. The highest BCUT2D eigenvalue weighted by molar-refractivity contribution is 5.89. The van der Waals surface area contributed by atoms with Crippen molar-refractivity contribution < 1.29 is 22.7 Å². The minimum absolute atomic E-state index is 0.0347. The number of carbonyl (C=O) groups excluding carboxylic acids is 1. The van der Waals surface area contributed by atoms with Crippen LogP contribution in [0, 0.1) is 0 Å². The van der Waals surface area contributed by atoms with Crippen molar-refractivity contribution in [1.82, 2.24) is 4.98 Å². The Hall–Kier alpha value is -2.11. The molecule has 6 heteroatoms. The second-order valence-corrected chi connectivity index (χ2v) is 4.56. The van der Waals surface area contributed by atoms with Crippen molar-refractivity contribution in [2.24, 2.45) is 0 Å². The zero-order chi connectivity index (χ0) is 14.9. The fourth-order valence-electron chi connectivity index (χ4n) is 1.80. The summed E-state index contributed by atoms with van der Waals surface area (Å²) in [5, 5.41) is 0.442. The number of pyridine rings is 1. The summed E-state index contributed by atoms with van der Waals surface area (Å²) in [5.74, 6) is 0.348. The second kappa shape index (κ2) is 5.11. The molecule has 3 nitrogen and oxygen atoms in total.